The minimum Gasteiger partial charge on any atom is -0.369 e. The Hall–Kier alpha value is -1.85. The van der Waals surface area contributed by atoms with Crippen molar-refractivity contribution >= 4 is 17.7 Å². The van der Waals surface area contributed by atoms with Crippen molar-refractivity contribution in [2.75, 3.05) is 30.3 Å². The zero-order valence-corrected chi connectivity index (χ0v) is 11.9. The standard InChI is InChI=1S/C13H23N5O/c1-4-7-16-12(19)6-8-15-11-9-10(3)17-13(18-11)14-5-2/h9H,4-8H2,1-3H3,(H,16,19)(H2,14,15,17,18). The molecule has 0 aromatic carbocycles. The molecule has 19 heavy (non-hydrogen) atoms. The molecule has 1 aromatic rings. The summed E-state index contributed by atoms with van der Waals surface area (Å²) in [5.74, 6) is 1.42. The van der Waals surface area contributed by atoms with Crippen molar-refractivity contribution in [1.82, 2.24) is 15.3 Å². The summed E-state index contributed by atoms with van der Waals surface area (Å²) in [5.41, 5.74) is 0.892. The Morgan fingerprint density at radius 2 is 2.00 bits per heavy atom. The van der Waals surface area contributed by atoms with Gasteiger partial charge in [-0.25, -0.2) is 4.98 Å². The second-order valence-corrected chi connectivity index (χ2v) is 4.28. The van der Waals surface area contributed by atoms with Crippen LogP contribution in [0.2, 0.25) is 0 Å². The number of aryl methyl sites for hydroxylation is 1. The van der Waals surface area contributed by atoms with Crippen LogP contribution in [0, 0.1) is 6.92 Å². The molecule has 0 aliphatic heterocycles. The van der Waals surface area contributed by atoms with Crippen molar-refractivity contribution in [3.05, 3.63) is 11.8 Å². The van der Waals surface area contributed by atoms with E-state index in [1.807, 2.05) is 26.8 Å². The van der Waals surface area contributed by atoms with Gasteiger partial charge >= 0.3 is 0 Å². The van der Waals surface area contributed by atoms with E-state index in [0.29, 0.717) is 18.9 Å². The maximum Gasteiger partial charge on any atom is 0.224 e. The first kappa shape index (κ1) is 15.2. The molecule has 0 fully saturated rings. The lowest BCUT2D eigenvalue weighted by molar-refractivity contribution is -0.120. The smallest absolute Gasteiger partial charge is 0.224 e. The molecule has 106 valence electrons. The van der Waals surface area contributed by atoms with Gasteiger partial charge in [0.2, 0.25) is 11.9 Å². The first-order chi connectivity index (χ1) is 9.15. The molecule has 0 bridgehead atoms. The molecule has 3 N–H and O–H groups in total. The average Bonchev–Trinajstić information content (AvgIpc) is 2.36. The van der Waals surface area contributed by atoms with Crippen molar-refractivity contribution in [2.45, 2.75) is 33.6 Å². The van der Waals surface area contributed by atoms with Gasteiger partial charge in [0.05, 0.1) is 0 Å². The Balaban J connectivity index is 2.42. The van der Waals surface area contributed by atoms with E-state index in [4.69, 9.17) is 0 Å². The lowest BCUT2D eigenvalue weighted by Gasteiger charge is -2.09. The summed E-state index contributed by atoms with van der Waals surface area (Å²) in [6.45, 7) is 8.03. The van der Waals surface area contributed by atoms with Gasteiger partial charge in [-0.05, 0) is 20.3 Å². The molecule has 0 unspecified atom stereocenters. The summed E-state index contributed by atoms with van der Waals surface area (Å²) in [6, 6.07) is 1.87. The van der Waals surface area contributed by atoms with Crippen LogP contribution in [0.1, 0.15) is 32.4 Å². The van der Waals surface area contributed by atoms with Gasteiger partial charge in [-0.15, -0.1) is 0 Å². The second kappa shape index (κ2) is 8.29. The third-order valence-electron chi connectivity index (χ3n) is 2.42. The first-order valence-corrected chi connectivity index (χ1v) is 6.75. The molecule has 6 nitrogen and oxygen atoms in total. The fraction of sp³-hybridized carbons (Fsp3) is 0.615. The predicted molar refractivity (Wildman–Crippen MR) is 77.3 cm³/mol. The van der Waals surface area contributed by atoms with Crippen LogP contribution in [-0.4, -0.2) is 35.5 Å². The van der Waals surface area contributed by atoms with Crippen LogP contribution in [0.15, 0.2) is 6.07 Å². The van der Waals surface area contributed by atoms with E-state index >= 15 is 0 Å². The minimum atomic E-state index is 0.0621. The summed E-state index contributed by atoms with van der Waals surface area (Å²) in [4.78, 5) is 20.0. The maximum absolute atomic E-state index is 11.4. The van der Waals surface area contributed by atoms with Crippen LogP contribution in [0.25, 0.3) is 0 Å². The van der Waals surface area contributed by atoms with Crippen LogP contribution in [0.3, 0.4) is 0 Å². The maximum atomic E-state index is 11.4. The van der Waals surface area contributed by atoms with E-state index < -0.39 is 0 Å². The van der Waals surface area contributed by atoms with Crippen molar-refractivity contribution in [2.24, 2.45) is 0 Å². The summed E-state index contributed by atoms with van der Waals surface area (Å²) >= 11 is 0. The fourth-order valence-corrected chi connectivity index (χ4v) is 1.55. The van der Waals surface area contributed by atoms with Gasteiger partial charge in [-0.1, -0.05) is 6.92 Å². The monoisotopic (exact) mass is 265 g/mol. The Bertz CT molecular complexity index is 408. The van der Waals surface area contributed by atoms with Gasteiger partial charge in [-0.2, -0.15) is 4.98 Å². The lowest BCUT2D eigenvalue weighted by Crippen LogP contribution is -2.26. The molecule has 1 amide bonds. The van der Waals surface area contributed by atoms with Gasteiger partial charge in [0.1, 0.15) is 5.82 Å². The molecule has 0 saturated heterocycles. The number of rotatable bonds is 8. The third kappa shape index (κ3) is 6.03. The Morgan fingerprint density at radius 1 is 1.21 bits per heavy atom. The number of hydrogen-bond acceptors (Lipinski definition) is 5. The van der Waals surface area contributed by atoms with Crippen molar-refractivity contribution in [3.8, 4) is 0 Å². The summed E-state index contributed by atoms with van der Waals surface area (Å²) in [6.07, 6.45) is 1.40. The van der Waals surface area contributed by atoms with Gasteiger partial charge < -0.3 is 16.0 Å². The van der Waals surface area contributed by atoms with E-state index in [1.54, 1.807) is 0 Å². The highest BCUT2D eigenvalue weighted by Gasteiger charge is 2.03. The highest BCUT2D eigenvalue weighted by Crippen LogP contribution is 2.09. The van der Waals surface area contributed by atoms with E-state index in [0.717, 1.165) is 31.0 Å². The zero-order chi connectivity index (χ0) is 14.1. The summed E-state index contributed by atoms with van der Waals surface area (Å²) in [7, 11) is 0. The Labute approximate surface area is 114 Å². The van der Waals surface area contributed by atoms with Crippen LogP contribution >= 0.6 is 0 Å². The first-order valence-electron chi connectivity index (χ1n) is 6.75. The molecule has 0 atom stereocenters. The Morgan fingerprint density at radius 3 is 2.68 bits per heavy atom. The molecule has 0 spiro atoms. The molecule has 1 heterocycles. The number of anilines is 2. The molecule has 1 aromatic heterocycles. The molecule has 0 aliphatic carbocycles. The van der Waals surface area contributed by atoms with Crippen LogP contribution in [0.5, 0.6) is 0 Å². The van der Waals surface area contributed by atoms with Crippen molar-refractivity contribution in [1.29, 1.82) is 0 Å². The molecular formula is C13H23N5O. The number of hydrogen-bond donors (Lipinski definition) is 3. The fourth-order valence-electron chi connectivity index (χ4n) is 1.55. The summed E-state index contributed by atoms with van der Waals surface area (Å²) in [5, 5.41) is 9.05. The topological polar surface area (TPSA) is 78.9 Å². The quantitative estimate of drug-likeness (QED) is 0.664. The molecule has 0 saturated carbocycles. The van der Waals surface area contributed by atoms with Crippen molar-refractivity contribution < 1.29 is 4.79 Å². The number of aromatic nitrogens is 2. The number of nitrogens with one attached hydrogen (secondary N) is 3. The van der Waals surface area contributed by atoms with E-state index in [-0.39, 0.29) is 5.91 Å². The van der Waals surface area contributed by atoms with Crippen LogP contribution < -0.4 is 16.0 Å². The highest BCUT2D eigenvalue weighted by atomic mass is 16.1. The van der Waals surface area contributed by atoms with Gasteiger partial charge in [0, 0.05) is 37.8 Å². The van der Waals surface area contributed by atoms with Gasteiger partial charge in [0.25, 0.3) is 0 Å². The SMILES string of the molecule is CCCNC(=O)CCNc1cc(C)nc(NCC)n1. The van der Waals surface area contributed by atoms with Crippen molar-refractivity contribution in [3.63, 3.8) is 0 Å². The lowest BCUT2D eigenvalue weighted by atomic mass is 10.3. The zero-order valence-electron chi connectivity index (χ0n) is 11.9. The number of carbonyl (C=O) groups excluding carboxylic acids is 1. The van der Waals surface area contributed by atoms with E-state index in [1.165, 1.54) is 0 Å². The predicted octanol–water partition coefficient (Wildman–Crippen LogP) is 1.55. The second-order valence-electron chi connectivity index (χ2n) is 4.28. The molecule has 1 rings (SSSR count). The summed E-state index contributed by atoms with van der Waals surface area (Å²) < 4.78 is 0. The van der Waals surface area contributed by atoms with Gasteiger partial charge in [0.15, 0.2) is 0 Å². The largest absolute Gasteiger partial charge is 0.369 e. The molecular weight excluding hydrogens is 242 g/mol. The Kier molecular flexibility index (Phi) is 6.63. The third-order valence-corrected chi connectivity index (χ3v) is 2.42. The number of carbonyl (C=O) groups is 1. The number of amides is 1. The minimum absolute atomic E-state index is 0.0621. The van der Waals surface area contributed by atoms with E-state index in [9.17, 15) is 4.79 Å². The molecule has 0 aliphatic rings. The normalized spacial score (nSPS) is 10.1. The van der Waals surface area contributed by atoms with E-state index in [2.05, 4.69) is 25.9 Å². The molecule has 6 heteroatoms. The van der Waals surface area contributed by atoms with Gasteiger partial charge in [-0.3, -0.25) is 4.79 Å². The molecule has 0 radical (unpaired) electrons. The average molecular weight is 265 g/mol. The van der Waals surface area contributed by atoms with Crippen LogP contribution in [-0.2, 0) is 4.79 Å². The highest BCUT2D eigenvalue weighted by molar-refractivity contribution is 5.76. The van der Waals surface area contributed by atoms with Crippen LogP contribution in [0.4, 0.5) is 11.8 Å². The number of nitrogens with zero attached hydrogens (tertiary/aromatic N) is 2.